The maximum Gasteiger partial charge on any atom is 0.239 e. The van der Waals surface area contributed by atoms with Gasteiger partial charge in [-0.15, -0.1) is 6.58 Å². The Bertz CT molecular complexity index is 2010. The molecule has 1 amide bonds. The summed E-state index contributed by atoms with van der Waals surface area (Å²) in [6.07, 6.45) is 16.6. The number of carbonyl (C=O) groups excluding carboxylic acids is 1. The smallest absolute Gasteiger partial charge is 0.239 e. The molecule has 3 aromatic carbocycles. The van der Waals surface area contributed by atoms with Crippen molar-refractivity contribution in [3.05, 3.63) is 90.5 Å². The topological polar surface area (TPSA) is 110 Å². The Labute approximate surface area is 364 Å². The lowest BCUT2D eigenvalue weighted by Gasteiger charge is -2.60. The van der Waals surface area contributed by atoms with E-state index in [1.54, 1.807) is 6.08 Å². The zero-order valence-corrected chi connectivity index (χ0v) is 37.2. The van der Waals surface area contributed by atoms with Crippen LogP contribution in [0.5, 0.6) is 17.2 Å². The summed E-state index contributed by atoms with van der Waals surface area (Å²) < 4.78 is 21.3. The Morgan fingerprint density at radius 3 is 2.39 bits per heavy atom. The molecule has 3 aromatic rings. The van der Waals surface area contributed by atoms with Crippen LogP contribution in [0.2, 0.25) is 0 Å². The first kappa shape index (κ1) is 44.9. The van der Waals surface area contributed by atoms with Gasteiger partial charge in [0.1, 0.15) is 28.9 Å². The molecule has 2 fully saturated rings. The molecule has 0 spiro atoms. The van der Waals surface area contributed by atoms with Crippen molar-refractivity contribution in [3.63, 3.8) is 0 Å². The largest absolute Gasteiger partial charge is 0.459 e. The molecule has 2 N–H and O–H groups in total. The van der Waals surface area contributed by atoms with E-state index in [-0.39, 0.29) is 49.4 Å². The molecular weight excluding hydrogens is 765 g/mol. The zero-order chi connectivity index (χ0) is 43.0. The first-order chi connectivity index (χ1) is 29.6. The summed E-state index contributed by atoms with van der Waals surface area (Å²) in [6.45, 7) is 13.3. The van der Waals surface area contributed by atoms with Gasteiger partial charge in [0.2, 0.25) is 11.7 Å². The number of allylic oxidation sites excluding steroid dienone is 1. The number of oxime groups is 1. The highest BCUT2D eigenvalue weighted by molar-refractivity contribution is 6.03. The molecule has 9 heteroatoms. The minimum Gasteiger partial charge on any atom is -0.459 e. The van der Waals surface area contributed by atoms with Crippen LogP contribution >= 0.6 is 0 Å². The van der Waals surface area contributed by atoms with Crippen molar-refractivity contribution in [2.75, 3.05) is 26.4 Å². The molecule has 1 aliphatic heterocycles. The fourth-order valence-corrected chi connectivity index (χ4v) is 10.7. The standard InChI is InChI=1S/C52H70N2O7/c1-6-28-54(48(57)27-22-36-16-8-9-17-36)47-35-45(53-61-51(3,4)5)43-33-39(20-12-14-29-55)42(21-13-15-30-56)49-44-34-41(59-40-24-23-37-18-10-11-19-38(37)32-40)25-26-46(44)60-52(47,50(43)49)58-31-7-2/h7,10-11,18-19,23-26,32-34,36,39,42,47,49-50,55-56H,2,6,8-9,12-17,20-22,27-31,35H2,1,3-5H3. The number of aliphatic hydroxyl groups is 2. The van der Waals surface area contributed by atoms with Gasteiger partial charge in [-0.3, -0.25) is 4.79 Å². The Kier molecular flexibility index (Phi) is 15.0. The third-order valence-electron chi connectivity index (χ3n) is 13.4. The summed E-state index contributed by atoms with van der Waals surface area (Å²) in [5, 5.41) is 27.2. The number of hydrogen-bond acceptors (Lipinski definition) is 8. The molecule has 0 bridgehead atoms. The van der Waals surface area contributed by atoms with E-state index in [0.717, 1.165) is 84.1 Å². The molecule has 9 nitrogen and oxygen atoms in total. The molecule has 61 heavy (non-hydrogen) atoms. The van der Waals surface area contributed by atoms with Gasteiger partial charge >= 0.3 is 0 Å². The van der Waals surface area contributed by atoms with Crippen LogP contribution in [-0.4, -0.2) is 70.5 Å². The predicted octanol–water partition coefficient (Wildman–Crippen LogP) is 11.3. The third kappa shape index (κ3) is 10.2. The van der Waals surface area contributed by atoms with Crippen molar-refractivity contribution in [2.24, 2.45) is 28.8 Å². The summed E-state index contributed by atoms with van der Waals surface area (Å²) in [7, 11) is 0. The zero-order valence-electron chi connectivity index (χ0n) is 37.2. The summed E-state index contributed by atoms with van der Waals surface area (Å²) in [5.41, 5.74) is 2.38. The van der Waals surface area contributed by atoms with Gasteiger partial charge in [-0.1, -0.05) is 93.1 Å². The monoisotopic (exact) mass is 835 g/mol. The first-order valence-electron chi connectivity index (χ1n) is 23.3. The van der Waals surface area contributed by atoms with E-state index in [2.05, 4.69) is 54.8 Å². The SMILES string of the molecule is C=CCOC12Oc3ccc(Oc4ccc5ccccc5c4)cc3C3C(CCCCO)C(CCCCO)C=C(C(=NOC(C)(C)C)CC1N(CCC)C(=O)CCC1CCCC1)C32. The second kappa shape index (κ2) is 20.3. The number of aliphatic hydroxyl groups excluding tert-OH is 2. The van der Waals surface area contributed by atoms with Crippen LogP contribution in [0, 0.1) is 23.7 Å². The van der Waals surface area contributed by atoms with Crippen LogP contribution in [0.25, 0.3) is 10.8 Å². The number of nitrogens with zero attached hydrogens (tertiary/aromatic N) is 2. The van der Waals surface area contributed by atoms with Crippen LogP contribution in [0.4, 0.5) is 0 Å². The molecule has 0 saturated heterocycles. The van der Waals surface area contributed by atoms with Crippen LogP contribution in [0.15, 0.2) is 90.1 Å². The van der Waals surface area contributed by atoms with E-state index in [4.69, 9.17) is 24.2 Å². The number of rotatable bonds is 20. The van der Waals surface area contributed by atoms with E-state index in [9.17, 15) is 15.0 Å². The Hall–Kier alpha value is -4.18. The molecule has 7 rings (SSSR count). The maximum atomic E-state index is 14.8. The fourth-order valence-electron chi connectivity index (χ4n) is 10.7. The molecule has 3 aliphatic carbocycles. The number of benzene rings is 3. The molecule has 6 unspecified atom stereocenters. The summed E-state index contributed by atoms with van der Waals surface area (Å²) in [4.78, 5) is 23.2. The van der Waals surface area contributed by atoms with Crippen LogP contribution < -0.4 is 9.47 Å². The van der Waals surface area contributed by atoms with Gasteiger partial charge in [0.05, 0.1) is 18.2 Å². The molecule has 1 heterocycles. The van der Waals surface area contributed by atoms with Gasteiger partial charge in [0.25, 0.3) is 0 Å². The maximum absolute atomic E-state index is 14.8. The highest BCUT2D eigenvalue weighted by Gasteiger charge is 2.65. The second-order valence-corrected chi connectivity index (χ2v) is 18.9. The van der Waals surface area contributed by atoms with E-state index in [1.807, 2.05) is 51.1 Å². The Morgan fingerprint density at radius 1 is 0.951 bits per heavy atom. The van der Waals surface area contributed by atoms with Gasteiger partial charge in [-0.05, 0) is 124 Å². The lowest BCUT2D eigenvalue weighted by Crippen LogP contribution is -2.70. The minimum absolute atomic E-state index is 0.119. The van der Waals surface area contributed by atoms with Crippen LogP contribution in [-0.2, 0) is 14.4 Å². The number of amides is 1. The van der Waals surface area contributed by atoms with Crippen molar-refractivity contribution in [1.82, 2.24) is 4.90 Å². The van der Waals surface area contributed by atoms with E-state index >= 15 is 0 Å². The lowest BCUT2D eigenvalue weighted by molar-refractivity contribution is -0.257. The van der Waals surface area contributed by atoms with Gasteiger partial charge in [0, 0.05) is 44.1 Å². The fraction of sp³-hybridized carbons (Fsp3) is 0.577. The molecule has 330 valence electrons. The third-order valence-corrected chi connectivity index (χ3v) is 13.4. The quantitative estimate of drug-likeness (QED) is 0.0662. The summed E-state index contributed by atoms with van der Waals surface area (Å²) in [6, 6.07) is 20.1. The van der Waals surface area contributed by atoms with Crippen LogP contribution in [0.3, 0.4) is 0 Å². The highest BCUT2D eigenvalue weighted by Crippen LogP contribution is 2.62. The lowest BCUT2D eigenvalue weighted by atomic mass is 9.55. The van der Waals surface area contributed by atoms with Crippen molar-refractivity contribution in [3.8, 4) is 17.2 Å². The molecule has 2 saturated carbocycles. The Morgan fingerprint density at radius 2 is 1.67 bits per heavy atom. The Balaban J connectivity index is 1.41. The average Bonchev–Trinajstić information content (AvgIpc) is 3.78. The van der Waals surface area contributed by atoms with Gasteiger partial charge in [-0.2, -0.15) is 0 Å². The summed E-state index contributed by atoms with van der Waals surface area (Å²) in [5.74, 6) is 1.45. The van der Waals surface area contributed by atoms with Crippen molar-refractivity contribution in [2.45, 2.75) is 141 Å². The van der Waals surface area contributed by atoms with E-state index in [1.165, 1.54) is 25.7 Å². The van der Waals surface area contributed by atoms with Gasteiger partial charge in [0.15, 0.2) is 0 Å². The first-order valence-corrected chi connectivity index (χ1v) is 23.3. The van der Waals surface area contributed by atoms with Crippen molar-refractivity contribution < 1.29 is 34.1 Å². The van der Waals surface area contributed by atoms with E-state index < -0.39 is 17.4 Å². The minimum atomic E-state index is -1.26. The normalized spacial score (nSPS) is 25.4. The van der Waals surface area contributed by atoms with Gasteiger partial charge in [-0.25, -0.2) is 0 Å². The molecular formula is C52H70N2O7. The number of carbonyl (C=O) groups is 1. The molecule has 0 radical (unpaired) electrons. The highest BCUT2D eigenvalue weighted by atomic mass is 16.7. The second-order valence-electron chi connectivity index (χ2n) is 18.9. The molecule has 4 aliphatic rings. The van der Waals surface area contributed by atoms with Crippen LogP contribution in [0.1, 0.15) is 129 Å². The number of hydrogen-bond donors (Lipinski definition) is 2. The number of ether oxygens (including phenoxy) is 3. The van der Waals surface area contributed by atoms with Crippen molar-refractivity contribution in [1.29, 1.82) is 0 Å². The number of unbranched alkanes of at least 4 members (excludes halogenated alkanes) is 2. The molecule has 6 atom stereocenters. The van der Waals surface area contributed by atoms with Gasteiger partial charge < -0.3 is 34.2 Å². The molecule has 0 aromatic heterocycles. The average molecular weight is 835 g/mol. The summed E-state index contributed by atoms with van der Waals surface area (Å²) >= 11 is 0. The van der Waals surface area contributed by atoms with E-state index in [0.29, 0.717) is 37.5 Å². The van der Waals surface area contributed by atoms with Crippen molar-refractivity contribution >= 4 is 22.4 Å². The number of fused-ring (bicyclic) bond motifs is 3. The predicted molar refractivity (Wildman–Crippen MR) is 243 cm³/mol.